The van der Waals surface area contributed by atoms with Crippen LogP contribution in [0, 0.1) is 5.92 Å². The number of aromatic nitrogens is 1. The third-order valence-corrected chi connectivity index (χ3v) is 6.30. The van der Waals surface area contributed by atoms with Gasteiger partial charge in [0.25, 0.3) is 0 Å². The number of carboxylic acid groups (broad SMARTS) is 2. The lowest BCUT2D eigenvalue weighted by Gasteiger charge is -2.48. The second kappa shape index (κ2) is 8.59. The molecule has 1 fully saturated rings. The lowest BCUT2D eigenvalue weighted by Crippen LogP contribution is -2.57. The van der Waals surface area contributed by atoms with Crippen LogP contribution >= 0.6 is 0 Å². The fourth-order valence-corrected chi connectivity index (χ4v) is 4.87. The molecule has 2 atom stereocenters. The predicted molar refractivity (Wildman–Crippen MR) is 118 cm³/mol. The first kappa shape index (κ1) is 21.2. The van der Waals surface area contributed by atoms with Crippen molar-refractivity contribution in [3.8, 4) is 0 Å². The number of nitrogens with zero attached hydrogens (tertiary/aromatic N) is 3. The number of aliphatic carboxylic acids is 2. The summed E-state index contributed by atoms with van der Waals surface area (Å²) in [5.74, 6) is -1.95. The summed E-state index contributed by atoms with van der Waals surface area (Å²) in [5, 5.41) is 19.5. The van der Waals surface area contributed by atoms with Gasteiger partial charge in [0.15, 0.2) is 0 Å². The SMILES string of the molecule is CC(C)CCN1CCN2c3ccccc3Cn3cccc3C2C1C(=CC(=O)O)C(=O)O. The van der Waals surface area contributed by atoms with E-state index >= 15 is 0 Å². The first-order valence-electron chi connectivity index (χ1n) is 10.8. The minimum absolute atomic E-state index is 0.0712. The Kier molecular flexibility index (Phi) is 5.87. The molecule has 1 saturated heterocycles. The molecule has 0 radical (unpaired) electrons. The number of para-hydroxylation sites is 1. The molecule has 31 heavy (non-hydrogen) atoms. The summed E-state index contributed by atoms with van der Waals surface area (Å²) in [6.07, 6.45) is 3.81. The Bertz CT molecular complexity index is 1010. The van der Waals surface area contributed by atoms with E-state index in [4.69, 9.17) is 0 Å². The van der Waals surface area contributed by atoms with Gasteiger partial charge in [0, 0.05) is 43.3 Å². The maximum Gasteiger partial charge on any atom is 0.333 e. The van der Waals surface area contributed by atoms with Gasteiger partial charge in [0.05, 0.1) is 17.7 Å². The van der Waals surface area contributed by atoms with Crippen LogP contribution in [0.1, 0.15) is 37.6 Å². The number of hydrogen-bond acceptors (Lipinski definition) is 4. The van der Waals surface area contributed by atoms with Crippen molar-refractivity contribution in [2.24, 2.45) is 5.92 Å². The van der Waals surface area contributed by atoms with E-state index in [1.807, 2.05) is 30.5 Å². The third-order valence-electron chi connectivity index (χ3n) is 6.30. The van der Waals surface area contributed by atoms with Gasteiger partial charge in [-0.15, -0.1) is 0 Å². The highest BCUT2D eigenvalue weighted by Gasteiger charge is 2.44. The van der Waals surface area contributed by atoms with Crippen LogP contribution in [0.5, 0.6) is 0 Å². The van der Waals surface area contributed by atoms with Crippen molar-refractivity contribution in [2.45, 2.75) is 38.9 Å². The highest BCUT2D eigenvalue weighted by atomic mass is 16.4. The Morgan fingerprint density at radius 1 is 1.13 bits per heavy atom. The predicted octanol–water partition coefficient (Wildman–Crippen LogP) is 3.22. The Labute approximate surface area is 182 Å². The molecular weight excluding hydrogens is 394 g/mol. The van der Waals surface area contributed by atoms with Gasteiger partial charge in [-0.25, -0.2) is 9.59 Å². The van der Waals surface area contributed by atoms with E-state index in [1.165, 1.54) is 5.56 Å². The Hall–Kier alpha value is -3.06. The minimum atomic E-state index is -1.23. The van der Waals surface area contributed by atoms with Crippen LogP contribution in [0.25, 0.3) is 0 Å². The lowest BCUT2D eigenvalue weighted by atomic mass is 9.89. The molecule has 2 N–H and O–H groups in total. The molecule has 7 heteroatoms. The number of hydrogen-bond donors (Lipinski definition) is 2. The topological polar surface area (TPSA) is 86.0 Å². The summed E-state index contributed by atoms with van der Waals surface area (Å²) in [6.45, 7) is 7.14. The van der Waals surface area contributed by atoms with Crippen LogP contribution in [0.3, 0.4) is 0 Å². The molecule has 4 rings (SSSR count). The highest BCUT2D eigenvalue weighted by molar-refractivity contribution is 5.96. The Balaban J connectivity index is 1.88. The largest absolute Gasteiger partial charge is 0.478 e. The average Bonchev–Trinajstić information content (AvgIpc) is 3.13. The molecule has 2 unspecified atom stereocenters. The zero-order chi connectivity index (χ0) is 22.1. The molecule has 7 nitrogen and oxygen atoms in total. The van der Waals surface area contributed by atoms with E-state index in [-0.39, 0.29) is 11.6 Å². The normalized spacial score (nSPS) is 21.3. The van der Waals surface area contributed by atoms with Gasteiger partial charge >= 0.3 is 11.9 Å². The molecule has 1 aromatic carbocycles. The maximum absolute atomic E-state index is 12.3. The fourth-order valence-electron chi connectivity index (χ4n) is 4.87. The van der Waals surface area contributed by atoms with E-state index < -0.39 is 18.0 Å². The van der Waals surface area contributed by atoms with E-state index in [2.05, 4.69) is 40.3 Å². The highest BCUT2D eigenvalue weighted by Crippen LogP contribution is 2.42. The second-order valence-corrected chi connectivity index (χ2v) is 8.73. The van der Waals surface area contributed by atoms with Crippen molar-refractivity contribution in [1.29, 1.82) is 0 Å². The van der Waals surface area contributed by atoms with Crippen molar-refractivity contribution in [1.82, 2.24) is 9.47 Å². The van der Waals surface area contributed by atoms with E-state index in [1.54, 1.807) is 0 Å². The molecule has 0 aliphatic carbocycles. The number of carboxylic acids is 2. The van der Waals surface area contributed by atoms with Gasteiger partial charge in [-0.2, -0.15) is 0 Å². The van der Waals surface area contributed by atoms with Crippen LogP contribution in [-0.2, 0) is 16.1 Å². The summed E-state index contributed by atoms with van der Waals surface area (Å²) in [4.78, 5) is 28.3. The summed E-state index contributed by atoms with van der Waals surface area (Å²) in [6, 6.07) is 11.4. The average molecular weight is 424 g/mol. The van der Waals surface area contributed by atoms with Crippen LogP contribution in [0.4, 0.5) is 5.69 Å². The zero-order valence-electron chi connectivity index (χ0n) is 17.9. The number of piperazine rings is 1. The Morgan fingerprint density at radius 2 is 1.90 bits per heavy atom. The number of rotatable bonds is 6. The summed E-state index contributed by atoms with van der Waals surface area (Å²) in [7, 11) is 0. The third kappa shape index (κ3) is 4.10. The van der Waals surface area contributed by atoms with E-state index in [9.17, 15) is 19.8 Å². The van der Waals surface area contributed by atoms with Crippen LogP contribution in [0.2, 0.25) is 0 Å². The van der Waals surface area contributed by atoms with E-state index in [0.717, 1.165) is 37.0 Å². The second-order valence-electron chi connectivity index (χ2n) is 8.73. The van der Waals surface area contributed by atoms with Crippen molar-refractivity contribution in [3.63, 3.8) is 0 Å². The molecule has 2 aliphatic heterocycles. The standard InChI is InChI=1S/C24H29N3O4/c1-16(2)9-11-25-12-13-27-19-7-4-3-6-17(19)15-26-10-5-8-20(26)23(27)22(25)18(24(30)31)14-21(28)29/h3-8,10,14,16,22-23H,9,11-13,15H2,1-2H3,(H,28,29)(H,30,31). The van der Waals surface area contributed by atoms with E-state index in [0.29, 0.717) is 19.0 Å². The summed E-state index contributed by atoms with van der Waals surface area (Å²) in [5.41, 5.74) is 3.20. The van der Waals surface area contributed by atoms with Crippen molar-refractivity contribution in [2.75, 3.05) is 24.5 Å². The van der Waals surface area contributed by atoms with Crippen LogP contribution in [-0.4, -0.2) is 57.3 Å². The summed E-state index contributed by atoms with van der Waals surface area (Å²) < 4.78 is 2.16. The number of carbonyl (C=O) groups is 2. The molecule has 0 spiro atoms. The van der Waals surface area contributed by atoms with Gasteiger partial charge in [-0.3, -0.25) is 4.90 Å². The molecule has 3 heterocycles. The molecule has 0 amide bonds. The first-order valence-corrected chi connectivity index (χ1v) is 10.8. The number of anilines is 1. The molecule has 164 valence electrons. The van der Waals surface area contributed by atoms with Gasteiger partial charge in [0.1, 0.15) is 0 Å². The zero-order valence-corrected chi connectivity index (χ0v) is 17.9. The van der Waals surface area contributed by atoms with Gasteiger partial charge in [0.2, 0.25) is 0 Å². The van der Waals surface area contributed by atoms with Crippen molar-refractivity contribution in [3.05, 3.63) is 65.5 Å². The van der Waals surface area contributed by atoms with Crippen LogP contribution < -0.4 is 4.90 Å². The minimum Gasteiger partial charge on any atom is -0.478 e. The number of fused-ring (bicyclic) bond motifs is 5. The monoisotopic (exact) mass is 423 g/mol. The number of benzene rings is 1. The van der Waals surface area contributed by atoms with Gasteiger partial charge in [-0.1, -0.05) is 32.0 Å². The Morgan fingerprint density at radius 3 is 2.61 bits per heavy atom. The molecule has 0 bridgehead atoms. The quantitative estimate of drug-likeness (QED) is 0.694. The fraction of sp³-hybridized carbons (Fsp3) is 0.417. The molecule has 2 aromatic rings. The van der Waals surface area contributed by atoms with Gasteiger partial charge < -0.3 is 19.7 Å². The lowest BCUT2D eigenvalue weighted by molar-refractivity contribution is -0.136. The summed E-state index contributed by atoms with van der Waals surface area (Å²) >= 11 is 0. The van der Waals surface area contributed by atoms with Crippen molar-refractivity contribution < 1.29 is 19.8 Å². The molecule has 2 aliphatic rings. The molecular formula is C24H29N3O4. The molecule has 1 aromatic heterocycles. The van der Waals surface area contributed by atoms with Crippen molar-refractivity contribution >= 4 is 17.6 Å². The smallest absolute Gasteiger partial charge is 0.333 e. The van der Waals surface area contributed by atoms with Crippen LogP contribution in [0.15, 0.2) is 54.2 Å². The van der Waals surface area contributed by atoms with Gasteiger partial charge in [-0.05, 0) is 42.6 Å². The maximum atomic E-state index is 12.3. The molecule has 0 saturated carbocycles. The first-order chi connectivity index (χ1) is 14.9.